The number of hydrogen-bond donors (Lipinski definition) is 1. The van der Waals surface area contributed by atoms with E-state index in [-0.39, 0.29) is 0 Å². The molecular weight excluding hydrogens is 324 g/mol. The van der Waals surface area contributed by atoms with Crippen LogP contribution >= 0.6 is 15.9 Å². The molecule has 0 radical (unpaired) electrons. The normalized spacial score (nSPS) is 21.6. The quantitative estimate of drug-likeness (QED) is 0.884. The van der Waals surface area contributed by atoms with Crippen LogP contribution in [0.2, 0.25) is 0 Å². The molecular formula is C18H27BrN2. The van der Waals surface area contributed by atoms with Crippen molar-refractivity contribution in [1.82, 2.24) is 10.2 Å². The van der Waals surface area contributed by atoms with Crippen LogP contribution in [0.25, 0.3) is 0 Å². The highest BCUT2D eigenvalue weighted by Crippen LogP contribution is 2.36. The molecule has 1 N–H and O–H groups in total. The first-order chi connectivity index (χ1) is 10.3. The van der Waals surface area contributed by atoms with Gasteiger partial charge in [0.05, 0.1) is 0 Å². The van der Waals surface area contributed by atoms with Crippen molar-refractivity contribution in [1.29, 1.82) is 0 Å². The Morgan fingerprint density at radius 1 is 1.10 bits per heavy atom. The van der Waals surface area contributed by atoms with Crippen molar-refractivity contribution in [2.45, 2.75) is 44.4 Å². The summed E-state index contributed by atoms with van der Waals surface area (Å²) in [5, 5.41) is 3.42. The van der Waals surface area contributed by atoms with Crippen LogP contribution in [0.4, 0.5) is 0 Å². The zero-order valence-corrected chi connectivity index (χ0v) is 14.5. The lowest BCUT2D eigenvalue weighted by molar-refractivity contribution is 0.244. The summed E-state index contributed by atoms with van der Waals surface area (Å²) in [4.78, 5) is 2.57. The highest BCUT2D eigenvalue weighted by molar-refractivity contribution is 9.10. The van der Waals surface area contributed by atoms with E-state index in [1.807, 2.05) is 0 Å². The summed E-state index contributed by atoms with van der Waals surface area (Å²) in [5.74, 6) is 0.787. The van der Waals surface area contributed by atoms with Crippen molar-refractivity contribution >= 4 is 15.9 Å². The topological polar surface area (TPSA) is 15.3 Å². The van der Waals surface area contributed by atoms with Crippen molar-refractivity contribution in [2.24, 2.45) is 0 Å². The second kappa shape index (κ2) is 7.75. The lowest BCUT2D eigenvalue weighted by Crippen LogP contribution is -2.44. The Hall–Kier alpha value is -0.380. The number of nitrogens with one attached hydrogen (secondary N) is 1. The third-order valence-electron chi connectivity index (χ3n) is 5.04. The molecule has 1 saturated carbocycles. The van der Waals surface area contributed by atoms with Crippen LogP contribution in [0.3, 0.4) is 0 Å². The summed E-state index contributed by atoms with van der Waals surface area (Å²) in [6, 6.07) is 7.11. The molecule has 0 amide bonds. The van der Waals surface area contributed by atoms with E-state index >= 15 is 0 Å². The molecule has 2 fully saturated rings. The minimum absolute atomic E-state index is 0.787. The molecule has 3 rings (SSSR count). The van der Waals surface area contributed by atoms with Gasteiger partial charge in [-0.3, -0.25) is 0 Å². The maximum absolute atomic E-state index is 3.83. The lowest BCUT2D eigenvalue weighted by Gasteiger charge is -2.27. The van der Waals surface area contributed by atoms with Gasteiger partial charge >= 0.3 is 0 Å². The van der Waals surface area contributed by atoms with Crippen LogP contribution in [-0.4, -0.2) is 37.6 Å². The third kappa shape index (κ3) is 4.30. The molecule has 116 valence electrons. The minimum atomic E-state index is 0.787. The molecule has 3 heteroatoms. The van der Waals surface area contributed by atoms with Crippen molar-refractivity contribution < 1.29 is 0 Å². The fourth-order valence-corrected chi connectivity index (χ4v) is 4.44. The molecule has 1 saturated heterocycles. The molecule has 2 nitrogen and oxygen atoms in total. The van der Waals surface area contributed by atoms with Gasteiger partial charge in [-0.1, -0.05) is 47.3 Å². The monoisotopic (exact) mass is 350 g/mol. The van der Waals surface area contributed by atoms with E-state index in [1.54, 1.807) is 5.56 Å². The first-order valence-electron chi connectivity index (χ1n) is 8.54. The molecule has 1 aromatic rings. The molecule has 1 heterocycles. The van der Waals surface area contributed by atoms with Crippen LogP contribution in [0.15, 0.2) is 22.7 Å². The Bertz CT molecular complexity index is 449. The van der Waals surface area contributed by atoms with Crippen molar-refractivity contribution in [2.75, 3.05) is 32.7 Å². The standard InChI is InChI=1S/C18H27BrN2/c19-18-14-15(8-11-21-12-9-20-10-13-21)6-7-17(18)16-4-2-1-3-5-16/h6-7,14,16,20H,1-5,8-13H2. The van der Waals surface area contributed by atoms with Crippen LogP contribution in [0, 0.1) is 0 Å². The van der Waals surface area contributed by atoms with E-state index in [1.165, 1.54) is 68.2 Å². The number of rotatable bonds is 4. The number of hydrogen-bond acceptors (Lipinski definition) is 2. The Morgan fingerprint density at radius 3 is 2.57 bits per heavy atom. The predicted molar refractivity (Wildman–Crippen MR) is 93.0 cm³/mol. The SMILES string of the molecule is Brc1cc(CCN2CCNCC2)ccc1C1CCCCC1. The highest BCUT2D eigenvalue weighted by Gasteiger charge is 2.18. The maximum atomic E-state index is 3.83. The molecule has 21 heavy (non-hydrogen) atoms. The van der Waals surface area contributed by atoms with Crippen molar-refractivity contribution in [3.63, 3.8) is 0 Å². The summed E-state index contributed by atoms with van der Waals surface area (Å²) >= 11 is 3.83. The molecule has 1 aliphatic carbocycles. The average molecular weight is 351 g/mol. The van der Waals surface area contributed by atoms with Crippen LogP contribution in [0.5, 0.6) is 0 Å². The Labute approximate surface area is 137 Å². The minimum Gasteiger partial charge on any atom is -0.314 e. The van der Waals surface area contributed by atoms with Gasteiger partial charge in [-0.2, -0.15) is 0 Å². The van der Waals surface area contributed by atoms with Crippen LogP contribution in [0.1, 0.15) is 49.1 Å². The van der Waals surface area contributed by atoms with Gasteiger partial charge in [-0.15, -0.1) is 0 Å². The van der Waals surface area contributed by atoms with E-state index in [9.17, 15) is 0 Å². The van der Waals surface area contributed by atoms with E-state index in [0.29, 0.717) is 0 Å². The Balaban J connectivity index is 1.58. The second-order valence-corrected chi connectivity index (χ2v) is 7.39. The van der Waals surface area contributed by atoms with Gasteiger partial charge in [0.1, 0.15) is 0 Å². The van der Waals surface area contributed by atoms with E-state index in [0.717, 1.165) is 19.0 Å². The molecule has 0 aromatic heterocycles. The van der Waals surface area contributed by atoms with Crippen LogP contribution in [-0.2, 0) is 6.42 Å². The summed E-state index contributed by atoms with van der Waals surface area (Å²) in [5.41, 5.74) is 3.01. The first kappa shape index (κ1) is 15.5. The van der Waals surface area contributed by atoms with Gasteiger partial charge in [0.2, 0.25) is 0 Å². The lowest BCUT2D eigenvalue weighted by atomic mass is 9.84. The Morgan fingerprint density at radius 2 is 1.86 bits per heavy atom. The largest absolute Gasteiger partial charge is 0.314 e. The summed E-state index contributed by atoms with van der Waals surface area (Å²) in [7, 11) is 0. The molecule has 0 unspecified atom stereocenters. The smallest absolute Gasteiger partial charge is 0.0212 e. The van der Waals surface area contributed by atoms with Crippen LogP contribution < -0.4 is 5.32 Å². The third-order valence-corrected chi connectivity index (χ3v) is 5.72. The number of piperazine rings is 1. The molecule has 0 bridgehead atoms. The highest BCUT2D eigenvalue weighted by atomic mass is 79.9. The van der Waals surface area contributed by atoms with Crippen molar-refractivity contribution in [3.05, 3.63) is 33.8 Å². The molecule has 1 aromatic carbocycles. The summed E-state index contributed by atoms with van der Waals surface area (Å²) in [6.07, 6.45) is 8.15. The van der Waals surface area contributed by atoms with E-state index in [4.69, 9.17) is 0 Å². The molecule has 0 atom stereocenters. The Kier molecular flexibility index (Phi) is 5.73. The van der Waals surface area contributed by atoms with Gasteiger partial charge in [0.15, 0.2) is 0 Å². The average Bonchev–Trinajstić information content (AvgIpc) is 2.55. The maximum Gasteiger partial charge on any atom is 0.0212 e. The number of nitrogens with zero attached hydrogens (tertiary/aromatic N) is 1. The number of halogens is 1. The second-order valence-electron chi connectivity index (χ2n) is 6.53. The molecule has 1 aliphatic heterocycles. The van der Waals surface area contributed by atoms with Crippen molar-refractivity contribution in [3.8, 4) is 0 Å². The number of benzene rings is 1. The zero-order valence-electron chi connectivity index (χ0n) is 12.9. The van der Waals surface area contributed by atoms with E-state index < -0.39 is 0 Å². The first-order valence-corrected chi connectivity index (χ1v) is 9.33. The van der Waals surface area contributed by atoms with E-state index in [2.05, 4.69) is 44.3 Å². The van der Waals surface area contributed by atoms with Gasteiger partial charge in [0, 0.05) is 37.2 Å². The van der Waals surface area contributed by atoms with Gasteiger partial charge in [0.25, 0.3) is 0 Å². The fourth-order valence-electron chi connectivity index (χ4n) is 3.69. The fraction of sp³-hybridized carbons (Fsp3) is 0.667. The van der Waals surface area contributed by atoms with Gasteiger partial charge in [-0.25, -0.2) is 0 Å². The summed E-state index contributed by atoms with van der Waals surface area (Å²) in [6.45, 7) is 5.87. The molecule has 2 aliphatic rings. The van der Waals surface area contributed by atoms with Gasteiger partial charge < -0.3 is 10.2 Å². The zero-order chi connectivity index (χ0) is 14.5. The van der Waals surface area contributed by atoms with Gasteiger partial charge in [-0.05, 0) is 42.4 Å². The summed E-state index contributed by atoms with van der Waals surface area (Å²) < 4.78 is 1.34. The molecule has 0 spiro atoms. The predicted octanol–water partition coefficient (Wildman–Crippen LogP) is 3.94.